The van der Waals surface area contributed by atoms with Crippen molar-refractivity contribution in [3.63, 3.8) is 0 Å². The third-order valence-electron chi connectivity index (χ3n) is 2.84. The first kappa shape index (κ1) is 26.5. The van der Waals surface area contributed by atoms with Gasteiger partial charge in [0.05, 0.1) is 0 Å². The maximum atomic E-state index is 13.0. The molecule has 0 aliphatic heterocycles. The van der Waals surface area contributed by atoms with Crippen LogP contribution < -0.4 is 0 Å². The summed E-state index contributed by atoms with van der Waals surface area (Å²) < 4.78 is 223. The lowest BCUT2D eigenvalue weighted by atomic mass is 9.93. The van der Waals surface area contributed by atoms with Crippen LogP contribution in [0.3, 0.4) is 0 Å². The first-order valence-electron chi connectivity index (χ1n) is 5.81. The van der Waals surface area contributed by atoms with Crippen LogP contribution in [0.15, 0.2) is 12.2 Å². The van der Waals surface area contributed by atoms with Gasteiger partial charge < -0.3 is 0 Å². The zero-order valence-corrected chi connectivity index (χ0v) is 12.0. The minimum absolute atomic E-state index is 2.20. The van der Waals surface area contributed by atoms with Gasteiger partial charge in [0.2, 0.25) is 0 Å². The Morgan fingerprint density at radius 2 is 0.571 bits per heavy atom. The molecule has 0 bridgehead atoms. The Bertz CT molecular complexity index is 586. The van der Waals surface area contributed by atoms with Gasteiger partial charge in [-0.1, -0.05) is 0 Å². The van der Waals surface area contributed by atoms with E-state index < -0.39 is 60.0 Å². The van der Waals surface area contributed by atoms with E-state index >= 15 is 0 Å². The molecule has 0 aliphatic carbocycles. The first-order chi connectivity index (χ1) is 11.7. The van der Waals surface area contributed by atoms with Gasteiger partial charge in [0.15, 0.2) is 0 Å². The summed E-state index contributed by atoms with van der Waals surface area (Å²) in [5.74, 6) is -46.2. The van der Waals surface area contributed by atoms with Crippen LogP contribution in [0.25, 0.3) is 0 Å². The van der Waals surface area contributed by atoms with Crippen molar-refractivity contribution < 1.29 is 79.0 Å². The highest BCUT2D eigenvalue weighted by molar-refractivity contribution is 5.17. The zero-order chi connectivity index (χ0) is 23.4. The maximum Gasteiger partial charge on any atom is 0.460 e. The highest BCUT2D eigenvalue weighted by Gasteiger charge is 2.90. The SMILES string of the molecule is FC(F)(F)C(F)(F)/C=C/C(F)(F)C(F)(F)C(F)(F)C(F)(F)C(F)(F)C(F)(F)F. The molecule has 0 atom stereocenters. The Hall–Kier alpha value is -1.52. The van der Waals surface area contributed by atoms with E-state index in [1.165, 1.54) is 0 Å². The van der Waals surface area contributed by atoms with Crippen molar-refractivity contribution in [1.29, 1.82) is 0 Å². The smallest absolute Gasteiger partial charge is 0.195 e. The summed E-state index contributed by atoms with van der Waals surface area (Å²) in [5.41, 5.74) is 0. The van der Waals surface area contributed by atoms with Gasteiger partial charge in [-0.15, -0.1) is 0 Å². The molecule has 0 saturated carbocycles. The molecule has 0 aromatic heterocycles. The van der Waals surface area contributed by atoms with Crippen molar-refractivity contribution in [2.75, 3.05) is 0 Å². The van der Waals surface area contributed by atoms with Crippen LogP contribution in [-0.2, 0) is 0 Å². The predicted octanol–water partition coefficient (Wildman–Crippen LogP) is 6.48. The molecular formula is C10H2F18. The zero-order valence-electron chi connectivity index (χ0n) is 12.0. The molecule has 0 amide bonds. The monoisotopic (exact) mass is 464 g/mol. The van der Waals surface area contributed by atoms with Crippen LogP contribution >= 0.6 is 0 Å². The average Bonchev–Trinajstić information content (AvgIpc) is 2.42. The number of alkyl halides is 18. The quantitative estimate of drug-likeness (QED) is 0.312. The second kappa shape index (κ2) is 6.50. The number of rotatable bonds is 6. The van der Waals surface area contributed by atoms with Gasteiger partial charge in [0.25, 0.3) is 0 Å². The summed E-state index contributed by atoms with van der Waals surface area (Å²) in [7, 11) is 0. The Balaban J connectivity index is 6.34. The van der Waals surface area contributed by atoms with Crippen LogP contribution in [0.2, 0.25) is 0 Å². The summed E-state index contributed by atoms with van der Waals surface area (Å²) in [6.07, 6.45) is -19.0. The van der Waals surface area contributed by atoms with Crippen molar-refractivity contribution >= 4 is 0 Å². The number of hydrogen-bond donors (Lipinski definition) is 0. The molecular weight excluding hydrogens is 462 g/mol. The fraction of sp³-hybridized carbons (Fsp3) is 0.800. The van der Waals surface area contributed by atoms with Crippen molar-refractivity contribution in [2.24, 2.45) is 0 Å². The molecule has 0 spiro atoms. The number of halogens is 18. The third kappa shape index (κ3) is 3.81. The molecule has 0 unspecified atom stereocenters. The molecule has 0 rings (SSSR count). The molecule has 0 aliphatic rings. The topological polar surface area (TPSA) is 0 Å². The lowest BCUT2D eigenvalue weighted by Crippen LogP contribution is -2.69. The van der Waals surface area contributed by atoms with E-state index in [0.717, 1.165) is 0 Å². The van der Waals surface area contributed by atoms with E-state index in [2.05, 4.69) is 0 Å². The largest absolute Gasteiger partial charge is 0.460 e. The summed E-state index contributed by atoms with van der Waals surface area (Å²) in [5, 5.41) is 0. The van der Waals surface area contributed by atoms with Gasteiger partial charge in [0, 0.05) is 0 Å². The molecule has 168 valence electrons. The summed E-state index contributed by atoms with van der Waals surface area (Å²) in [6, 6.07) is 0. The molecule has 28 heavy (non-hydrogen) atoms. The molecule has 0 radical (unpaired) electrons. The van der Waals surface area contributed by atoms with Crippen LogP contribution in [0.4, 0.5) is 79.0 Å². The highest BCUT2D eigenvalue weighted by atomic mass is 19.4. The second-order valence-corrected chi connectivity index (χ2v) is 4.87. The Morgan fingerprint density at radius 3 is 0.857 bits per heavy atom. The van der Waals surface area contributed by atoms with Gasteiger partial charge in [-0.05, 0) is 12.2 Å². The van der Waals surface area contributed by atoms with Crippen molar-refractivity contribution in [3.05, 3.63) is 12.2 Å². The summed E-state index contributed by atoms with van der Waals surface area (Å²) in [6.45, 7) is 0. The first-order valence-corrected chi connectivity index (χ1v) is 5.81. The lowest BCUT2D eigenvalue weighted by Gasteiger charge is -2.39. The maximum absolute atomic E-state index is 13.0. The van der Waals surface area contributed by atoms with Crippen molar-refractivity contribution in [3.8, 4) is 0 Å². The minimum atomic E-state index is -8.29. The van der Waals surface area contributed by atoms with Crippen LogP contribution in [0.5, 0.6) is 0 Å². The van der Waals surface area contributed by atoms with Gasteiger partial charge >= 0.3 is 47.9 Å². The van der Waals surface area contributed by atoms with E-state index in [9.17, 15) is 79.0 Å². The fourth-order valence-corrected chi connectivity index (χ4v) is 1.19. The van der Waals surface area contributed by atoms with Crippen molar-refractivity contribution in [2.45, 2.75) is 47.9 Å². The van der Waals surface area contributed by atoms with Crippen LogP contribution in [0.1, 0.15) is 0 Å². The molecule has 18 heteroatoms. The number of allylic oxidation sites excluding steroid dienone is 2. The second-order valence-electron chi connectivity index (χ2n) is 4.87. The van der Waals surface area contributed by atoms with E-state index in [-0.39, 0.29) is 0 Å². The number of hydrogen-bond acceptors (Lipinski definition) is 0. The molecule has 0 fully saturated rings. The van der Waals surface area contributed by atoms with E-state index in [1.807, 2.05) is 0 Å². The lowest BCUT2D eigenvalue weighted by molar-refractivity contribution is -0.436. The Kier molecular flexibility index (Phi) is 6.14. The third-order valence-corrected chi connectivity index (χ3v) is 2.84. The highest BCUT2D eigenvalue weighted by Crippen LogP contribution is 2.60. The van der Waals surface area contributed by atoms with Gasteiger partial charge in [-0.25, -0.2) is 0 Å². The summed E-state index contributed by atoms with van der Waals surface area (Å²) >= 11 is 0. The van der Waals surface area contributed by atoms with E-state index in [4.69, 9.17) is 0 Å². The fourth-order valence-electron chi connectivity index (χ4n) is 1.19. The molecule has 0 N–H and O–H groups in total. The van der Waals surface area contributed by atoms with E-state index in [0.29, 0.717) is 0 Å². The molecule has 0 aromatic rings. The molecule has 0 aromatic carbocycles. The normalized spacial score (nSPS) is 16.8. The standard InChI is InChI=1S/C10H2F18/c11-3(12,1-2-4(13,14)9(23,24)25)5(15,16)6(17,18)7(19,20)8(21,22)10(26,27)28/h1-2H/b2-1+. The van der Waals surface area contributed by atoms with Gasteiger partial charge in [-0.2, -0.15) is 79.0 Å². The van der Waals surface area contributed by atoms with Crippen LogP contribution in [-0.4, -0.2) is 47.9 Å². The van der Waals surface area contributed by atoms with Crippen LogP contribution in [0, 0.1) is 0 Å². The predicted molar refractivity (Wildman–Crippen MR) is 50.9 cm³/mol. The molecule has 0 nitrogen and oxygen atoms in total. The minimum Gasteiger partial charge on any atom is -0.195 e. The van der Waals surface area contributed by atoms with Gasteiger partial charge in [-0.3, -0.25) is 0 Å². The molecule has 0 saturated heterocycles. The van der Waals surface area contributed by atoms with Crippen molar-refractivity contribution in [1.82, 2.24) is 0 Å². The Labute approximate surface area is 140 Å². The average molecular weight is 464 g/mol. The summed E-state index contributed by atoms with van der Waals surface area (Å²) in [4.78, 5) is 0. The molecule has 0 heterocycles. The van der Waals surface area contributed by atoms with E-state index in [1.54, 1.807) is 0 Å². The Morgan fingerprint density at radius 1 is 0.286 bits per heavy atom. The van der Waals surface area contributed by atoms with Gasteiger partial charge in [0.1, 0.15) is 0 Å².